The van der Waals surface area contributed by atoms with E-state index in [0.29, 0.717) is 6.54 Å². The molecule has 0 aromatic heterocycles. The molecular formula is C16H24F2N2O. The van der Waals surface area contributed by atoms with Crippen molar-refractivity contribution in [3.63, 3.8) is 0 Å². The highest BCUT2D eigenvalue weighted by atomic mass is 19.1. The van der Waals surface area contributed by atoms with Gasteiger partial charge in [-0.25, -0.2) is 8.78 Å². The number of nitrogens with one attached hydrogen (secondary N) is 2. The van der Waals surface area contributed by atoms with Gasteiger partial charge in [0, 0.05) is 17.6 Å². The monoisotopic (exact) mass is 298 g/mol. The number of hydrogen-bond acceptors (Lipinski definition) is 2. The number of halogens is 2. The summed E-state index contributed by atoms with van der Waals surface area (Å²) in [5.74, 6) is -1.95. The Labute approximate surface area is 125 Å². The minimum atomic E-state index is -0.747. The summed E-state index contributed by atoms with van der Waals surface area (Å²) in [4.78, 5) is 12.1. The molecule has 118 valence electrons. The van der Waals surface area contributed by atoms with E-state index in [4.69, 9.17) is 0 Å². The maximum atomic E-state index is 13.9. The zero-order valence-corrected chi connectivity index (χ0v) is 13.1. The fourth-order valence-electron chi connectivity index (χ4n) is 1.90. The largest absolute Gasteiger partial charge is 0.380 e. The molecule has 2 N–H and O–H groups in total. The number of anilines is 1. The third kappa shape index (κ3) is 4.41. The Balaban J connectivity index is 2.97. The van der Waals surface area contributed by atoms with E-state index in [1.807, 2.05) is 27.7 Å². The Morgan fingerprint density at radius 2 is 1.67 bits per heavy atom. The van der Waals surface area contributed by atoms with Crippen LogP contribution in [-0.4, -0.2) is 18.0 Å². The Kier molecular flexibility index (Phi) is 6.12. The van der Waals surface area contributed by atoms with E-state index in [-0.39, 0.29) is 16.8 Å². The summed E-state index contributed by atoms with van der Waals surface area (Å²) in [5, 5.41) is 5.52. The Morgan fingerprint density at radius 1 is 1.14 bits per heavy atom. The highest BCUT2D eigenvalue weighted by Crippen LogP contribution is 2.22. The van der Waals surface area contributed by atoms with Crippen LogP contribution in [0, 0.1) is 11.6 Å². The van der Waals surface area contributed by atoms with Crippen molar-refractivity contribution >= 4 is 11.6 Å². The summed E-state index contributed by atoms with van der Waals surface area (Å²) in [6.45, 7) is 8.21. The van der Waals surface area contributed by atoms with E-state index in [9.17, 15) is 13.6 Å². The minimum Gasteiger partial charge on any atom is -0.380 e. The summed E-state index contributed by atoms with van der Waals surface area (Å²) >= 11 is 0. The first-order valence-electron chi connectivity index (χ1n) is 7.42. The van der Waals surface area contributed by atoms with Crippen LogP contribution in [0.5, 0.6) is 0 Å². The number of benzene rings is 1. The number of rotatable bonds is 7. The van der Waals surface area contributed by atoms with Crippen LogP contribution in [0.4, 0.5) is 14.5 Å². The van der Waals surface area contributed by atoms with Gasteiger partial charge in [-0.2, -0.15) is 0 Å². The van der Waals surface area contributed by atoms with Gasteiger partial charge in [0.05, 0.1) is 0 Å². The molecule has 1 aromatic carbocycles. The predicted octanol–water partition coefficient (Wildman–Crippen LogP) is 4.10. The van der Waals surface area contributed by atoms with Gasteiger partial charge < -0.3 is 10.6 Å². The molecule has 3 nitrogen and oxygen atoms in total. The van der Waals surface area contributed by atoms with Gasteiger partial charge in [-0.05, 0) is 38.3 Å². The van der Waals surface area contributed by atoms with Crippen molar-refractivity contribution in [1.82, 2.24) is 5.32 Å². The normalized spacial score (nSPS) is 11.3. The van der Waals surface area contributed by atoms with Crippen LogP contribution in [0.2, 0.25) is 0 Å². The summed E-state index contributed by atoms with van der Waals surface area (Å²) in [6.07, 6.45) is 2.25. The molecule has 1 rings (SSSR count). The van der Waals surface area contributed by atoms with E-state index >= 15 is 0 Å². The van der Waals surface area contributed by atoms with Crippen LogP contribution in [0.3, 0.4) is 0 Å². The highest BCUT2D eigenvalue weighted by Gasteiger charge is 2.24. The Hall–Kier alpha value is -1.65. The first kappa shape index (κ1) is 17.4. The quantitative estimate of drug-likeness (QED) is 0.796. The topological polar surface area (TPSA) is 41.1 Å². The SMILES string of the molecule is CCCNc1c(F)cc(C(=O)NC(C)(CC)CC)cc1F. The van der Waals surface area contributed by atoms with E-state index in [1.54, 1.807) is 0 Å². The van der Waals surface area contributed by atoms with E-state index in [1.165, 1.54) is 0 Å². The van der Waals surface area contributed by atoms with Crippen LogP contribution in [0.1, 0.15) is 57.3 Å². The second-order valence-corrected chi connectivity index (χ2v) is 5.46. The van der Waals surface area contributed by atoms with Crippen LogP contribution in [0.15, 0.2) is 12.1 Å². The van der Waals surface area contributed by atoms with E-state index in [0.717, 1.165) is 31.4 Å². The second kappa shape index (κ2) is 7.38. The fraction of sp³-hybridized carbons (Fsp3) is 0.562. The molecule has 0 heterocycles. The smallest absolute Gasteiger partial charge is 0.251 e. The van der Waals surface area contributed by atoms with Crippen LogP contribution < -0.4 is 10.6 Å². The van der Waals surface area contributed by atoms with Crippen molar-refractivity contribution in [2.75, 3.05) is 11.9 Å². The summed E-state index contributed by atoms with van der Waals surface area (Å²) in [5.41, 5.74) is -0.550. The molecular weight excluding hydrogens is 274 g/mol. The van der Waals surface area contributed by atoms with Crippen molar-refractivity contribution in [3.05, 3.63) is 29.3 Å². The molecule has 0 saturated heterocycles. The third-order valence-corrected chi connectivity index (χ3v) is 3.83. The molecule has 0 aliphatic heterocycles. The maximum absolute atomic E-state index is 13.9. The number of carbonyl (C=O) groups is 1. The van der Waals surface area contributed by atoms with Crippen LogP contribution >= 0.6 is 0 Å². The Morgan fingerprint density at radius 3 is 2.10 bits per heavy atom. The minimum absolute atomic E-state index is 0.000161. The second-order valence-electron chi connectivity index (χ2n) is 5.46. The molecule has 5 heteroatoms. The highest BCUT2D eigenvalue weighted by molar-refractivity contribution is 5.95. The van der Waals surface area contributed by atoms with Crippen molar-refractivity contribution < 1.29 is 13.6 Å². The lowest BCUT2D eigenvalue weighted by molar-refractivity contribution is 0.0900. The molecule has 0 aliphatic rings. The molecule has 0 bridgehead atoms. The van der Waals surface area contributed by atoms with E-state index in [2.05, 4.69) is 10.6 Å². The van der Waals surface area contributed by atoms with Crippen molar-refractivity contribution in [1.29, 1.82) is 0 Å². The van der Waals surface area contributed by atoms with Gasteiger partial charge in [-0.3, -0.25) is 4.79 Å². The average molecular weight is 298 g/mol. The lowest BCUT2D eigenvalue weighted by Crippen LogP contribution is -2.45. The molecule has 0 radical (unpaired) electrons. The number of hydrogen-bond donors (Lipinski definition) is 2. The lowest BCUT2D eigenvalue weighted by atomic mass is 9.95. The number of carbonyl (C=O) groups excluding carboxylic acids is 1. The van der Waals surface area contributed by atoms with E-state index < -0.39 is 17.5 Å². The summed E-state index contributed by atoms with van der Waals surface area (Å²) < 4.78 is 27.8. The third-order valence-electron chi connectivity index (χ3n) is 3.83. The molecule has 1 aromatic rings. The number of amides is 1. The van der Waals surface area contributed by atoms with Crippen molar-refractivity contribution in [3.8, 4) is 0 Å². The van der Waals surface area contributed by atoms with Gasteiger partial charge >= 0.3 is 0 Å². The fourth-order valence-corrected chi connectivity index (χ4v) is 1.90. The molecule has 0 atom stereocenters. The maximum Gasteiger partial charge on any atom is 0.251 e. The average Bonchev–Trinajstić information content (AvgIpc) is 2.46. The van der Waals surface area contributed by atoms with Gasteiger partial charge in [0.1, 0.15) is 17.3 Å². The zero-order chi connectivity index (χ0) is 16.0. The zero-order valence-electron chi connectivity index (χ0n) is 13.1. The summed E-state index contributed by atoms with van der Waals surface area (Å²) in [7, 11) is 0. The molecule has 0 aliphatic carbocycles. The van der Waals surface area contributed by atoms with Gasteiger partial charge in [0.25, 0.3) is 5.91 Å². The lowest BCUT2D eigenvalue weighted by Gasteiger charge is -2.28. The van der Waals surface area contributed by atoms with Crippen molar-refractivity contribution in [2.24, 2.45) is 0 Å². The molecule has 0 unspecified atom stereocenters. The van der Waals surface area contributed by atoms with Gasteiger partial charge in [0.2, 0.25) is 0 Å². The molecule has 1 amide bonds. The first-order valence-corrected chi connectivity index (χ1v) is 7.42. The standard InChI is InChI=1S/C16H24F2N2O/c1-5-8-19-14-12(17)9-11(10-13(14)18)15(21)20-16(4,6-2)7-3/h9-10,19H,5-8H2,1-4H3,(H,20,21). The van der Waals surface area contributed by atoms with Crippen LogP contribution in [0.25, 0.3) is 0 Å². The first-order chi connectivity index (χ1) is 9.86. The van der Waals surface area contributed by atoms with Gasteiger partial charge in [0.15, 0.2) is 0 Å². The Bertz CT molecular complexity index is 476. The van der Waals surface area contributed by atoms with Crippen LogP contribution in [-0.2, 0) is 0 Å². The molecule has 0 spiro atoms. The van der Waals surface area contributed by atoms with Crippen molar-refractivity contribution in [2.45, 2.75) is 52.5 Å². The van der Waals surface area contributed by atoms with Gasteiger partial charge in [-0.15, -0.1) is 0 Å². The predicted molar refractivity (Wildman–Crippen MR) is 81.6 cm³/mol. The summed E-state index contributed by atoms with van der Waals surface area (Å²) in [6, 6.07) is 2.14. The molecule has 0 fully saturated rings. The molecule has 21 heavy (non-hydrogen) atoms. The molecule has 0 saturated carbocycles. The van der Waals surface area contributed by atoms with Gasteiger partial charge in [-0.1, -0.05) is 20.8 Å².